The summed E-state index contributed by atoms with van der Waals surface area (Å²) in [5.74, 6) is 1.60. The van der Waals surface area contributed by atoms with Crippen LogP contribution in [0, 0.1) is 11.8 Å². The van der Waals surface area contributed by atoms with Crippen molar-refractivity contribution in [3.63, 3.8) is 0 Å². The van der Waals surface area contributed by atoms with Gasteiger partial charge in [-0.05, 0) is 56.1 Å². The fraction of sp³-hybridized carbons (Fsp3) is 0.500. The third-order valence-electron chi connectivity index (χ3n) is 4.53. The van der Waals surface area contributed by atoms with Gasteiger partial charge in [0.05, 0.1) is 12.9 Å². The van der Waals surface area contributed by atoms with Crippen LogP contribution in [0.5, 0.6) is 0 Å². The van der Waals surface area contributed by atoms with Crippen LogP contribution in [0.3, 0.4) is 0 Å². The van der Waals surface area contributed by atoms with E-state index >= 15 is 0 Å². The van der Waals surface area contributed by atoms with Crippen LogP contribution in [-0.4, -0.2) is 6.61 Å². The Kier molecular flexibility index (Phi) is 6.59. The van der Waals surface area contributed by atoms with E-state index < -0.39 is 0 Å². The van der Waals surface area contributed by atoms with Gasteiger partial charge in [0.2, 0.25) is 0 Å². The maximum atomic E-state index is 5.60. The highest BCUT2D eigenvalue weighted by atomic mass is 16.5. The molecule has 21 heavy (non-hydrogen) atoms. The Morgan fingerprint density at radius 1 is 1.29 bits per heavy atom. The number of benzene rings is 1. The highest BCUT2D eigenvalue weighted by molar-refractivity contribution is 5.14. The molecule has 0 fully saturated rings. The molecule has 2 atom stereocenters. The molecule has 1 nitrogen and oxygen atoms in total. The molecule has 2 unspecified atom stereocenters. The van der Waals surface area contributed by atoms with Crippen molar-refractivity contribution in [2.45, 2.75) is 46.0 Å². The first-order valence-corrected chi connectivity index (χ1v) is 8.22. The molecule has 2 rings (SSSR count). The first kappa shape index (κ1) is 15.9. The van der Waals surface area contributed by atoms with Gasteiger partial charge in [-0.1, -0.05) is 48.9 Å². The molecule has 1 aromatic rings. The normalized spacial score (nSPS) is 20.3. The van der Waals surface area contributed by atoms with E-state index in [1.54, 1.807) is 5.57 Å². The molecule has 0 N–H and O–H groups in total. The Hall–Kier alpha value is -1.50. The average molecular weight is 284 g/mol. The molecule has 0 heterocycles. The summed E-state index contributed by atoms with van der Waals surface area (Å²) >= 11 is 0. The summed E-state index contributed by atoms with van der Waals surface area (Å²) < 4.78 is 5.60. The lowest BCUT2D eigenvalue weighted by Gasteiger charge is -2.25. The van der Waals surface area contributed by atoms with Gasteiger partial charge in [-0.15, -0.1) is 0 Å². The average Bonchev–Trinajstić information content (AvgIpc) is 2.52. The fourth-order valence-corrected chi connectivity index (χ4v) is 2.92. The molecule has 0 radical (unpaired) electrons. The zero-order valence-corrected chi connectivity index (χ0v) is 13.4. The predicted octanol–water partition coefficient (Wildman–Crippen LogP) is 5.53. The second kappa shape index (κ2) is 8.71. The molecule has 1 aliphatic rings. The van der Waals surface area contributed by atoms with Crippen molar-refractivity contribution in [1.82, 2.24) is 0 Å². The van der Waals surface area contributed by atoms with Crippen LogP contribution in [0.4, 0.5) is 0 Å². The maximum absolute atomic E-state index is 5.60. The predicted molar refractivity (Wildman–Crippen MR) is 90.1 cm³/mol. The van der Waals surface area contributed by atoms with Crippen LogP contribution < -0.4 is 0 Å². The standard InChI is InChI=1S/C20H28O/c1-17-10-12-20(13-11-17)18(2)7-6-15-21-16-14-19-8-4-3-5-9-19/h3-6,8-10,15,18,20H,7,11-14,16H2,1-2H3. The van der Waals surface area contributed by atoms with Crippen molar-refractivity contribution < 1.29 is 4.74 Å². The van der Waals surface area contributed by atoms with E-state index in [-0.39, 0.29) is 0 Å². The third kappa shape index (κ3) is 5.79. The van der Waals surface area contributed by atoms with Crippen molar-refractivity contribution in [3.05, 3.63) is 59.9 Å². The summed E-state index contributed by atoms with van der Waals surface area (Å²) in [6.07, 6.45) is 12.5. The Morgan fingerprint density at radius 2 is 2.10 bits per heavy atom. The first-order valence-electron chi connectivity index (χ1n) is 8.22. The minimum Gasteiger partial charge on any atom is -0.501 e. The Bertz CT molecular complexity index is 458. The number of allylic oxidation sites excluding steroid dienone is 3. The summed E-state index contributed by atoms with van der Waals surface area (Å²) in [7, 11) is 0. The molecule has 1 aromatic carbocycles. The van der Waals surface area contributed by atoms with Crippen LogP contribution in [0.25, 0.3) is 0 Å². The molecular formula is C20H28O. The molecule has 0 saturated carbocycles. The number of hydrogen-bond donors (Lipinski definition) is 0. The molecule has 0 bridgehead atoms. The quantitative estimate of drug-likeness (QED) is 0.363. The van der Waals surface area contributed by atoms with Crippen LogP contribution in [-0.2, 0) is 11.2 Å². The lowest BCUT2D eigenvalue weighted by Crippen LogP contribution is -2.13. The van der Waals surface area contributed by atoms with Gasteiger partial charge in [-0.3, -0.25) is 0 Å². The SMILES string of the molecule is CC1=CCC(C(C)CC=COCCc2ccccc2)CC1. The summed E-state index contributed by atoms with van der Waals surface area (Å²) in [5, 5.41) is 0. The lowest BCUT2D eigenvalue weighted by atomic mass is 9.80. The van der Waals surface area contributed by atoms with Gasteiger partial charge in [0.25, 0.3) is 0 Å². The minimum absolute atomic E-state index is 0.753. The third-order valence-corrected chi connectivity index (χ3v) is 4.53. The number of rotatable bonds is 7. The van der Waals surface area contributed by atoms with Gasteiger partial charge in [-0.2, -0.15) is 0 Å². The Morgan fingerprint density at radius 3 is 2.81 bits per heavy atom. The Labute approximate surface area is 129 Å². The molecule has 0 spiro atoms. The van der Waals surface area contributed by atoms with E-state index in [1.807, 2.05) is 12.3 Å². The van der Waals surface area contributed by atoms with E-state index in [9.17, 15) is 0 Å². The van der Waals surface area contributed by atoms with Gasteiger partial charge < -0.3 is 4.74 Å². The van der Waals surface area contributed by atoms with E-state index in [0.29, 0.717) is 0 Å². The zero-order valence-electron chi connectivity index (χ0n) is 13.4. The molecule has 1 heteroatoms. The number of ether oxygens (including phenoxy) is 1. The highest BCUT2D eigenvalue weighted by Gasteiger charge is 2.18. The Balaban J connectivity index is 1.59. The maximum Gasteiger partial charge on any atom is 0.0913 e. The van der Waals surface area contributed by atoms with Gasteiger partial charge >= 0.3 is 0 Å². The van der Waals surface area contributed by atoms with E-state index in [1.165, 1.54) is 24.8 Å². The van der Waals surface area contributed by atoms with Crippen LogP contribution in [0.2, 0.25) is 0 Å². The number of hydrogen-bond acceptors (Lipinski definition) is 1. The molecule has 0 saturated heterocycles. The van der Waals surface area contributed by atoms with Crippen molar-refractivity contribution in [1.29, 1.82) is 0 Å². The smallest absolute Gasteiger partial charge is 0.0913 e. The highest BCUT2D eigenvalue weighted by Crippen LogP contribution is 2.30. The first-order chi connectivity index (χ1) is 10.3. The van der Waals surface area contributed by atoms with Gasteiger partial charge in [0.15, 0.2) is 0 Å². The zero-order chi connectivity index (χ0) is 14.9. The monoisotopic (exact) mass is 284 g/mol. The molecule has 0 aromatic heterocycles. The van der Waals surface area contributed by atoms with Crippen molar-refractivity contribution in [2.75, 3.05) is 6.61 Å². The molecule has 1 aliphatic carbocycles. The second-order valence-electron chi connectivity index (χ2n) is 6.28. The van der Waals surface area contributed by atoms with Gasteiger partial charge in [0, 0.05) is 6.42 Å². The van der Waals surface area contributed by atoms with Crippen molar-refractivity contribution in [3.8, 4) is 0 Å². The topological polar surface area (TPSA) is 9.23 Å². The van der Waals surface area contributed by atoms with Crippen LogP contribution in [0.1, 0.15) is 45.1 Å². The van der Waals surface area contributed by atoms with Gasteiger partial charge in [0.1, 0.15) is 0 Å². The van der Waals surface area contributed by atoms with Crippen molar-refractivity contribution in [2.24, 2.45) is 11.8 Å². The summed E-state index contributed by atoms with van der Waals surface area (Å²) in [5.41, 5.74) is 2.90. The summed E-state index contributed by atoms with van der Waals surface area (Å²) in [6.45, 7) is 5.38. The largest absolute Gasteiger partial charge is 0.501 e. The van der Waals surface area contributed by atoms with Crippen LogP contribution >= 0.6 is 0 Å². The summed E-state index contributed by atoms with van der Waals surface area (Å²) in [4.78, 5) is 0. The van der Waals surface area contributed by atoms with Crippen LogP contribution in [0.15, 0.2) is 54.3 Å². The minimum atomic E-state index is 0.753. The lowest BCUT2D eigenvalue weighted by molar-refractivity contribution is 0.250. The molecule has 0 amide bonds. The second-order valence-corrected chi connectivity index (χ2v) is 6.28. The molecular weight excluding hydrogens is 256 g/mol. The molecule has 0 aliphatic heterocycles. The summed E-state index contributed by atoms with van der Waals surface area (Å²) in [6, 6.07) is 10.5. The fourth-order valence-electron chi connectivity index (χ4n) is 2.92. The van der Waals surface area contributed by atoms with Gasteiger partial charge in [-0.25, -0.2) is 0 Å². The molecule has 114 valence electrons. The van der Waals surface area contributed by atoms with E-state index in [4.69, 9.17) is 4.74 Å². The van der Waals surface area contributed by atoms with Crippen molar-refractivity contribution >= 4 is 0 Å². The van der Waals surface area contributed by atoms with E-state index in [0.717, 1.165) is 31.3 Å². The van der Waals surface area contributed by atoms with E-state index in [2.05, 4.69) is 50.3 Å².